The van der Waals surface area contributed by atoms with E-state index in [1.807, 2.05) is 12.4 Å². The van der Waals surface area contributed by atoms with E-state index in [2.05, 4.69) is 153 Å². The monoisotopic (exact) mass is 596 g/mol. The van der Waals surface area contributed by atoms with E-state index in [1.54, 1.807) is 0 Å². The highest BCUT2D eigenvalue weighted by Crippen LogP contribution is 2.38. The summed E-state index contributed by atoms with van der Waals surface area (Å²) in [6.07, 6.45) is 13.0. The van der Waals surface area contributed by atoms with Crippen molar-refractivity contribution in [1.82, 2.24) is 5.32 Å². The molecule has 0 radical (unpaired) electrons. The topological polar surface area (TPSA) is 24.4 Å². The van der Waals surface area contributed by atoms with Crippen LogP contribution in [0, 0.1) is 0 Å². The van der Waals surface area contributed by atoms with E-state index in [-0.39, 0.29) is 6.04 Å². The van der Waals surface area contributed by atoms with Crippen LogP contribution in [0.25, 0.3) is 49.0 Å². The Kier molecular flexibility index (Phi) is 8.61. The summed E-state index contributed by atoms with van der Waals surface area (Å²) in [6, 6.07) is 44.2. The Morgan fingerprint density at radius 3 is 1.96 bits per heavy atom. The molecule has 1 N–H and O–H groups in total. The summed E-state index contributed by atoms with van der Waals surface area (Å²) in [5.74, 6) is 0. The lowest BCUT2D eigenvalue weighted by atomic mass is 9.88. The molecule has 6 aromatic rings. The third kappa shape index (κ3) is 5.91. The highest BCUT2D eigenvalue weighted by atomic mass is 15.0. The second-order valence-corrected chi connectivity index (χ2v) is 12.2. The molecule has 0 spiro atoms. The fourth-order valence-electron chi connectivity index (χ4n) is 6.74. The summed E-state index contributed by atoms with van der Waals surface area (Å²) in [5, 5.41) is 11.4. The van der Waals surface area contributed by atoms with Gasteiger partial charge < -0.3 is 5.32 Å². The molecule has 226 valence electrons. The molecule has 1 unspecified atom stereocenters. The minimum absolute atomic E-state index is 0.0974. The Hall–Kier alpha value is -5.21. The number of benzene rings is 6. The molecule has 7 rings (SSSR count). The molecule has 1 aliphatic carbocycles. The van der Waals surface area contributed by atoms with Crippen LogP contribution >= 0.6 is 0 Å². The number of nitrogens with zero attached hydrogens (tertiary/aromatic N) is 1. The van der Waals surface area contributed by atoms with Crippen molar-refractivity contribution in [3.8, 4) is 11.1 Å². The van der Waals surface area contributed by atoms with Crippen molar-refractivity contribution in [3.63, 3.8) is 0 Å². The SMILES string of the molecule is CCC/C=C(/NC=NC(C)c1ccccc1)C1=C(c2ccc(-c3ccc4c5ccccc5c5ccccc5c4c3)cc2)C=CCC1. The van der Waals surface area contributed by atoms with E-state index in [4.69, 9.17) is 4.99 Å². The van der Waals surface area contributed by atoms with E-state index in [9.17, 15) is 0 Å². The van der Waals surface area contributed by atoms with Crippen LogP contribution in [-0.2, 0) is 0 Å². The molecule has 46 heavy (non-hydrogen) atoms. The van der Waals surface area contributed by atoms with Crippen LogP contribution in [0.15, 0.2) is 156 Å². The quantitative estimate of drug-likeness (QED) is 0.100. The van der Waals surface area contributed by atoms with Gasteiger partial charge in [0.15, 0.2) is 0 Å². The van der Waals surface area contributed by atoms with Crippen LogP contribution in [0.5, 0.6) is 0 Å². The Labute approximate surface area is 272 Å². The first-order chi connectivity index (χ1) is 22.7. The van der Waals surface area contributed by atoms with Crippen molar-refractivity contribution in [2.75, 3.05) is 0 Å². The molecular weight excluding hydrogens is 556 g/mol. The summed E-state index contributed by atoms with van der Waals surface area (Å²) in [7, 11) is 0. The molecule has 0 saturated heterocycles. The first-order valence-corrected chi connectivity index (χ1v) is 16.6. The van der Waals surface area contributed by atoms with Crippen LogP contribution in [-0.4, -0.2) is 6.34 Å². The zero-order chi connectivity index (χ0) is 31.3. The molecular formula is C44H40N2. The maximum atomic E-state index is 4.82. The molecule has 0 aliphatic heterocycles. The van der Waals surface area contributed by atoms with Gasteiger partial charge in [-0.05, 0) is 98.0 Å². The predicted molar refractivity (Wildman–Crippen MR) is 199 cm³/mol. The lowest BCUT2D eigenvalue weighted by Crippen LogP contribution is -2.15. The predicted octanol–water partition coefficient (Wildman–Crippen LogP) is 12.0. The third-order valence-corrected chi connectivity index (χ3v) is 9.21. The zero-order valence-corrected chi connectivity index (χ0v) is 26.7. The molecule has 0 aromatic heterocycles. The average Bonchev–Trinajstić information content (AvgIpc) is 3.13. The molecule has 0 bridgehead atoms. The summed E-state index contributed by atoms with van der Waals surface area (Å²) in [6.45, 7) is 4.37. The van der Waals surface area contributed by atoms with Gasteiger partial charge in [-0.25, -0.2) is 0 Å². The number of nitrogens with one attached hydrogen (secondary N) is 1. The zero-order valence-electron chi connectivity index (χ0n) is 26.7. The number of allylic oxidation sites excluding steroid dienone is 5. The molecule has 0 fully saturated rings. The van der Waals surface area contributed by atoms with Gasteiger partial charge in [0.2, 0.25) is 0 Å². The highest BCUT2D eigenvalue weighted by molar-refractivity contribution is 6.25. The van der Waals surface area contributed by atoms with Crippen LogP contribution in [0.3, 0.4) is 0 Å². The number of unbranched alkanes of at least 4 members (excludes halogenated alkanes) is 1. The van der Waals surface area contributed by atoms with Gasteiger partial charge in [-0.1, -0.05) is 147 Å². The lowest BCUT2D eigenvalue weighted by Gasteiger charge is -2.20. The number of hydrogen-bond donors (Lipinski definition) is 1. The smallest absolute Gasteiger partial charge is 0.0875 e. The normalized spacial score (nSPS) is 14.5. The second kappa shape index (κ2) is 13.4. The summed E-state index contributed by atoms with van der Waals surface area (Å²) in [5.41, 5.74) is 8.73. The van der Waals surface area contributed by atoms with Gasteiger partial charge >= 0.3 is 0 Å². The fourth-order valence-corrected chi connectivity index (χ4v) is 6.74. The van der Waals surface area contributed by atoms with Crippen molar-refractivity contribution < 1.29 is 0 Å². The van der Waals surface area contributed by atoms with Gasteiger partial charge in [0.25, 0.3) is 0 Å². The van der Waals surface area contributed by atoms with Gasteiger partial charge in [-0.15, -0.1) is 0 Å². The first kappa shape index (κ1) is 29.5. The van der Waals surface area contributed by atoms with Crippen molar-refractivity contribution >= 4 is 44.2 Å². The number of rotatable bonds is 9. The fraction of sp³-hybridized carbons (Fsp3) is 0.159. The third-order valence-electron chi connectivity index (χ3n) is 9.21. The van der Waals surface area contributed by atoms with Crippen molar-refractivity contribution in [3.05, 3.63) is 162 Å². The number of hydrogen-bond acceptors (Lipinski definition) is 1. The number of aliphatic imine (C=N–C) groups is 1. The lowest BCUT2D eigenvalue weighted by molar-refractivity contribution is 0.816. The van der Waals surface area contributed by atoms with Crippen LogP contribution in [0.1, 0.15) is 56.7 Å². The largest absolute Gasteiger partial charge is 0.347 e. The standard InChI is InChI=1S/C44H40N2/c1-3-4-22-44(46-30-45-31(2)32-14-6-5-7-15-32)42-21-13-8-16-36(42)34-25-23-33(24-26-34)35-27-28-41-39-19-10-9-17-37(39)38-18-11-12-20-40(38)43(41)29-35/h5-12,14-20,22-31H,3-4,13,21H2,1-2H3,(H,45,46)/b44-22+. The van der Waals surface area contributed by atoms with E-state index in [0.717, 1.165) is 25.7 Å². The Bertz CT molecular complexity index is 2090. The molecule has 0 amide bonds. The Balaban J connectivity index is 1.21. The van der Waals surface area contributed by atoms with Gasteiger partial charge in [-0.3, -0.25) is 4.99 Å². The van der Waals surface area contributed by atoms with E-state index in [1.165, 1.54) is 71.4 Å². The van der Waals surface area contributed by atoms with Crippen LogP contribution in [0.2, 0.25) is 0 Å². The maximum Gasteiger partial charge on any atom is 0.0875 e. The highest BCUT2D eigenvalue weighted by Gasteiger charge is 2.15. The Morgan fingerprint density at radius 2 is 1.28 bits per heavy atom. The Morgan fingerprint density at radius 1 is 0.696 bits per heavy atom. The molecule has 2 nitrogen and oxygen atoms in total. The molecule has 0 heterocycles. The minimum atomic E-state index is 0.0974. The van der Waals surface area contributed by atoms with E-state index >= 15 is 0 Å². The van der Waals surface area contributed by atoms with Gasteiger partial charge in [0.1, 0.15) is 0 Å². The van der Waals surface area contributed by atoms with Gasteiger partial charge in [0, 0.05) is 5.70 Å². The van der Waals surface area contributed by atoms with Crippen LogP contribution < -0.4 is 5.32 Å². The summed E-state index contributed by atoms with van der Waals surface area (Å²) < 4.78 is 0. The van der Waals surface area contributed by atoms with Crippen molar-refractivity contribution in [2.24, 2.45) is 4.99 Å². The molecule has 0 saturated carbocycles. The van der Waals surface area contributed by atoms with Crippen molar-refractivity contribution in [2.45, 2.75) is 45.6 Å². The van der Waals surface area contributed by atoms with E-state index in [0.29, 0.717) is 0 Å². The first-order valence-electron chi connectivity index (χ1n) is 16.6. The molecule has 1 atom stereocenters. The second-order valence-electron chi connectivity index (χ2n) is 12.2. The van der Waals surface area contributed by atoms with Crippen LogP contribution in [0.4, 0.5) is 0 Å². The van der Waals surface area contributed by atoms with Crippen molar-refractivity contribution in [1.29, 1.82) is 0 Å². The molecule has 1 aliphatic rings. The summed E-state index contributed by atoms with van der Waals surface area (Å²) >= 11 is 0. The minimum Gasteiger partial charge on any atom is -0.347 e. The maximum absolute atomic E-state index is 4.82. The molecule has 6 aromatic carbocycles. The van der Waals surface area contributed by atoms with E-state index < -0.39 is 0 Å². The average molecular weight is 597 g/mol. The van der Waals surface area contributed by atoms with Gasteiger partial charge in [-0.2, -0.15) is 0 Å². The summed E-state index contributed by atoms with van der Waals surface area (Å²) in [4.78, 5) is 4.82. The molecule has 2 heteroatoms. The number of fused-ring (bicyclic) bond motifs is 6. The van der Waals surface area contributed by atoms with Gasteiger partial charge in [0.05, 0.1) is 12.4 Å².